The SMILES string of the molecule is CCn1cc(CNC(=O)c2ccc(COc3ccc(C)cc3[N+](=O)[O-])o2)c(C)n1. The minimum atomic E-state index is -0.494. The molecule has 0 radical (unpaired) electrons. The monoisotopic (exact) mass is 398 g/mol. The molecule has 1 N–H and O–H groups in total. The van der Waals surface area contributed by atoms with Crippen molar-refractivity contribution in [1.82, 2.24) is 15.1 Å². The lowest BCUT2D eigenvalue weighted by atomic mass is 10.2. The van der Waals surface area contributed by atoms with Crippen molar-refractivity contribution in [3.05, 3.63) is 75.0 Å². The molecule has 2 heterocycles. The van der Waals surface area contributed by atoms with Gasteiger partial charge in [-0.25, -0.2) is 0 Å². The van der Waals surface area contributed by atoms with Gasteiger partial charge in [0.1, 0.15) is 12.4 Å². The summed E-state index contributed by atoms with van der Waals surface area (Å²) in [5, 5.41) is 18.3. The number of carbonyl (C=O) groups excluding carboxylic acids is 1. The Labute approximate surface area is 167 Å². The van der Waals surface area contributed by atoms with Gasteiger partial charge in [0.15, 0.2) is 11.5 Å². The molecule has 3 rings (SSSR count). The number of amides is 1. The van der Waals surface area contributed by atoms with E-state index in [0.717, 1.165) is 23.4 Å². The topological polar surface area (TPSA) is 112 Å². The minimum Gasteiger partial charge on any atom is -0.479 e. The number of benzene rings is 1. The van der Waals surface area contributed by atoms with Crippen LogP contribution in [0.1, 0.15) is 40.1 Å². The molecule has 9 nitrogen and oxygen atoms in total. The van der Waals surface area contributed by atoms with Gasteiger partial charge in [-0.3, -0.25) is 19.6 Å². The number of aryl methyl sites for hydroxylation is 3. The highest BCUT2D eigenvalue weighted by atomic mass is 16.6. The molecule has 0 aliphatic rings. The van der Waals surface area contributed by atoms with E-state index < -0.39 is 4.92 Å². The number of hydrogen-bond acceptors (Lipinski definition) is 6. The van der Waals surface area contributed by atoms with Crippen LogP contribution in [0.3, 0.4) is 0 Å². The molecular formula is C20H22N4O5. The molecule has 0 saturated heterocycles. The minimum absolute atomic E-state index is 0.0282. The molecule has 0 saturated carbocycles. The van der Waals surface area contributed by atoms with Crippen molar-refractivity contribution in [2.45, 2.75) is 40.5 Å². The number of nitro groups is 1. The van der Waals surface area contributed by atoms with Gasteiger partial charge in [-0.1, -0.05) is 6.07 Å². The molecule has 9 heteroatoms. The molecule has 0 atom stereocenters. The predicted octanol–water partition coefficient (Wildman–Crippen LogP) is 3.53. The van der Waals surface area contributed by atoms with E-state index in [9.17, 15) is 14.9 Å². The Morgan fingerprint density at radius 1 is 1.31 bits per heavy atom. The molecule has 0 fully saturated rings. The first-order chi connectivity index (χ1) is 13.9. The molecule has 3 aromatic rings. The summed E-state index contributed by atoms with van der Waals surface area (Å²) in [7, 11) is 0. The molecule has 1 amide bonds. The van der Waals surface area contributed by atoms with Crippen molar-refractivity contribution in [2.75, 3.05) is 0 Å². The zero-order valence-corrected chi connectivity index (χ0v) is 16.5. The van der Waals surface area contributed by atoms with Crippen LogP contribution in [0.4, 0.5) is 5.69 Å². The molecule has 152 valence electrons. The number of nitrogens with one attached hydrogen (secondary N) is 1. The smallest absolute Gasteiger partial charge is 0.311 e. The molecule has 0 aliphatic heterocycles. The molecular weight excluding hydrogens is 376 g/mol. The van der Waals surface area contributed by atoms with Crippen LogP contribution >= 0.6 is 0 Å². The normalized spacial score (nSPS) is 10.7. The number of nitro benzene ring substituents is 1. The van der Waals surface area contributed by atoms with Crippen LogP contribution in [0.2, 0.25) is 0 Å². The standard InChI is InChI=1S/C20H22N4O5/c1-4-23-11-15(14(3)22-23)10-21-20(25)19-8-6-16(29-19)12-28-18-7-5-13(2)9-17(18)24(26)27/h5-9,11H,4,10,12H2,1-3H3,(H,21,25). The van der Waals surface area contributed by atoms with Crippen molar-refractivity contribution in [2.24, 2.45) is 0 Å². The van der Waals surface area contributed by atoms with Gasteiger partial charge < -0.3 is 14.5 Å². The lowest BCUT2D eigenvalue weighted by Gasteiger charge is -2.06. The molecule has 2 aromatic heterocycles. The summed E-state index contributed by atoms with van der Waals surface area (Å²) in [4.78, 5) is 23.0. The van der Waals surface area contributed by atoms with Crippen LogP contribution in [0.15, 0.2) is 40.9 Å². The van der Waals surface area contributed by atoms with Gasteiger partial charge in [0.2, 0.25) is 0 Å². The number of hydrogen-bond donors (Lipinski definition) is 1. The largest absolute Gasteiger partial charge is 0.479 e. The summed E-state index contributed by atoms with van der Waals surface area (Å²) < 4.78 is 12.8. The molecule has 29 heavy (non-hydrogen) atoms. The summed E-state index contributed by atoms with van der Waals surface area (Å²) >= 11 is 0. The number of ether oxygens (including phenoxy) is 1. The Balaban J connectivity index is 1.60. The highest BCUT2D eigenvalue weighted by Crippen LogP contribution is 2.28. The molecule has 0 unspecified atom stereocenters. The van der Waals surface area contributed by atoms with Gasteiger partial charge in [0.25, 0.3) is 5.91 Å². The summed E-state index contributed by atoms with van der Waals surface area (Å²) in [5.74, 6) is 0.315. The second-order valence-electron chi connectivity index (χ2n) is 6.56. The number of rotatable bonds is 8. The van der Waals surface area contributed by atoms with E-state index in [0.29, 0.717) is 12.3 Å². The number of carbonyl (C=O) groups is 1. The number of furan rings is 1. The highest BCUT2D eigenvalue weighted by Gasteiger charge is 2.17. The average molecular weight is 398 g/mol. The maximum atomic E-state index is 12.3. The van der Waals surface area contributed by atoms with E-state index in [2.05, 4.69) is 10.4 Å². The van der Waals surface area contributed by atoms with Crippen LogP contribution < -0.4 is 10.1 Å². The Hall–Kier alpha value is -3.62. The average Bonchev–Trinajstić information content (AvgIpc) is 3.31. The molecule has 0 aliphatic carbocycles. The number of aromatic nitrogens is 2. The van der Waals surface area contributed by atoms with Crippen molar-refractivity contribution < 1.29 is 18.9 Å². The van der Waals surface area contributed by atoms with E-state index in [1.54, 1.807) is 31.2 Å². The maximum Gasteiger partial charge on any atom is 0.311 e. The van der Waals surface area contributed by atoms with Crippen LogP contribution in [-0.4, -0.2) is 20.6 Å². The third-order valence-corrected chi connectivity index (χ3v) is 4.38. The first-order valence-electron chi connectivity index (χ1n) is 9.15. The van der Waals surface area contributed by atoms with Gasteiger partial charge in [-0.05, 0) is 44.5 Å². The van der Waals surface area contributed by atoms with Gasteiger partial charge in [-0.2, -0.15) is 5.10 Å². The Bertz CT molecular complexity index is 1040. The predicted molar refractivity (Wildman–Crippen MR) is 105 cm³/mol. The summed E-state index contributed by atoms with van der Waals surface area (Å²) in [5.41, 5.74) is 2.45. The first kappa shape index (κ1) is 20.1. The lowest BCUT2D eigenvalue weighted by molar-refractivity contribution is -0.386. The molecule has 1 aromatic carbocycles. The van der Waals surface area contributed by atoms with Gasteiger partial charge in [0, 0.05) is 30.9 Å². The third-order valence-electron chi connectivity index (χ3n) is 4.38. The second-order valence-corrected chi connectivity index (χ2v) is 6.56. The van der Waals surface area contributed by atoms with Crippen molar-refractivity contribution in [3.8, 4) is 5.75 Å². The first-order valence-corrected chi connectivity index (χ1v) is 9.15. The van der Waals surface area contributed by atoms with Crippen molar-refractivity contribution in [3.63, 3.8) is 0 Å². The van der Waals surface area contributed by atoms with Crippen LogP contribution in [0, 0.1) is 24.0 Å². The Morgan fingerprint density at radius 3 is 2.79 bits per heavy atom. The molecule has 0 spiro atoms. The van der Waals surface area contributed by atoms with Gasteiger partial charge in [0.05, 0.1) is 10.6 Å². The summed E-state index contributed by atoms with van der Waals surface area (Å²) in [6.07, 6.45) is 1.89. The third kappa shape index (κ3) is 4.81. The fourth-order valence-corrected chi connectivity index (χ4v) is 2.78. The number of nitrogens with zero attached hydrogens (tertiary/aromatic N) is 3. The van der Waals surface area contributed by atoms with E-state index in [-0.39, 0.29) is 29.7 Å². The quantitative estimate of drug-likeness (QED) is 0.459. The zero-order valence-electron chi connectivity index (χ0n) is 16.5. The highest BCUT2D eigenvalue weighted by molar-refractivity contribution is 5.91. The van der Waals surface area contributed by atoms with Crippen LogP contribution in [0.25, 0.3) is 0 Å². The van der Waals surface area contributed by atoms with E-state index in [1.807, 2.05) is 24.7 Å². The van der Waals surface area contributed by atoms with Gasteiger partial charge in [-0.15, -0.1) is 0 Å². The lowest BCUT2D eigenvalue weighted by Crippen LogP contribution is -2.22. The van der Waals surface area contributed by atoms with E-state index in [4.69, 9.17) is 9.15 Å². The van der Waals surface area contributed by atoms with Gasteiger partial charge >= 0.3 is 5.69 Å². The van der Waals surface area contributed by atoms with Crippen molar-refractivity contribution >= 4 is 11.6 Å². The van der Waals surface area contributed by atoms with Crippen molar-refractivity contribution in [1.29, 1.82) is 0 Å². The van der Waals surface area contributed by atoms with E-state index in [1.165, 1.54) is 6.07 Å². The maximum absolute atomic E-state index is 12.3. The fraction of sp³-hybridized carbons (Fsp3) is 0.300. The Morgan fingerprint density at radius 2 is 2.10 bits per heavy atom. The fourth-order valence-electron chi connectivity index (χ4n) is 2.78. The molecule has 0 bridgehead atoms. The summed E-state index contributed by atoms with van der Waals surface area (Å²) in [6, 6.07) is 7.86. The zero-order chi connectivity index (χ0) is 21.0. The summed E-state index contributed by atoms with van der Waals surface area (Å²) in [6.45, 7) is 6.72. The van der Waals surface area contributed by atoms with Crippen LogP contribution in [-0.2, 0) is 19.7 Å². The Kier molecular flexibility index (Phi) is 5.96. The van der Waals surface area contributed by atoms with E-state index >= 15 is 0 Å². The second kappa shape index (κ2) is 8.59. The van der Waals surface area contributed by atoms with Crippen LogP contribution in [0.5, 0.6) is 5.75 Å².